The second-order valence-electron chi connectivity index (χ2n) is 4.65. The maximum atomic E-state index is 13.3. The third-order valence-electron chi connectivity index (χ3n) is 2.63. The molecule has 4 nitrogen and oxygen atoms in total. The number of ether oxygens (including phenoxy) is 3. The lowest BCUT2D eigenvalue weighted by Gasteiger charge is -2.17. The summed E-state index contributed by atoms with van der Waals surface area (Å²) >= 11 is 0. The molecule has 6 heteroatoms. The summed E-state index contributed by atoms with van der Waals surface area (Å²) in [5.74, 6) is -3.69. The molecule has 0 amide bonds. The Hall–Kier alpha value is -1.53. The average molecular weight is 272 g/mol. The zero-order valence-electron chi connectivity index (χ0n) is 10.6. The van der Waals surface area contributed by atoms with Gasteiger partial charge in [-0.1, -0.05) is 6.07 Å². The van der Waals surface area contributed by atoms with Crippen molar-refractivity contribution in [3.05, 3.63) is 35.4 Å². The van der Waals surface area contributed by atoms with E-state index in [-0.39, 0.29) is 13.2 Å². The number of rotatable bonds is 3. The van der Waals surface area contributed by atoms with Gasteiger partial charge < -0.3 is 14.2 Å². The van der Waals surface area contributed by atoms with Gasteiger partial charge in [-0.25, -0.2) is 13.6 Å². The highest BCUT2D eigenvalue weighted by atomic mass is 19.1. The van der Waals surface area contributed by atoms with Crippen molar-refractivity contribution in [2.45, 2.75) is 25.7 Å². The molecular formula is C13H14F2O4. The van der Waals surface area contributed by atoms with Gasteiger partial charge in [-0.05, 0) is 26.0 Å². The van der Waals surface area contributed by atoms with Crippen LogP contribution in [0.3, 0.4) is 0 Å². The molecule has 1 aromatic rings. The Morgan fingerprint density at radius 3 is 2.58 bits per heavy atom. The van der Waals surface area contributed by atoms with Crippen LogP contribution in [0.1, 0.15) is 24.2 Å². The van der Waals surface area contributed by atoms with E-state index >= 15 is 0 Å². The van der Waals surface area contributed by atoms with Gasteiger partial charge in [0.1, 0.15) is 29.9 Å². The molecule has 1 fully saturated rings. The molecule has 1 aromatic carbocycles. The Labute approximate surface area is 109 Å². The van der Waals surface area contributed by atoms with E-state index < -0.39 is 35.1 Å². The standard InChI is InChI=1S/C13H14F2O4/c1-13(2)18-7-8(19-13)6-17-12(16)11-9(14)4-3-5-10(11)15/h3-5,8H,6-7H2,1-2H3/t8-/m0/s1. The second-order valence-corrected chi connectivity index (χ2v) is 4.65. The monoisotopic (exact) mass is 272 g/mol. The molecule has 0 aliphatic carbocycles. The van der Waals surface area contributed by atoms with Crippen molar-refractivity contribution in [2.75, 3.05) is 13.2 Å². The highest BCUT2D eigenvalue weighted by molar-refractivity contribution is 5.90. The number of carbonyl (C=O) groups excluding carboxylic acids is 1. The molecule has 1 aliphatic heterocycles. The van der Waals surface area contributed by atoms with Crippen molar-refractivity contribution in [2.24, 2.45) is 0 Å². The lowest BCUT2D eigenvalue weighted by atomic mass is 10.2. The summed E-state index contributed by atoms with van der Waals surface area (Å²) in [7, 11) is 0. The molecule has 1 aliphatic rings. The van der Waals surface area contributed by atoms with Crippen LogP contribution >= 0.6 is 0 Å². The minimum atomic E-state index is -1.05. The maximum Gasteiger partial charge on any atom is 0.344 e. The van der Waals surface area contributed by atoms with Gasteiger partial charge in [0.2, 0.25) is 0 Å². The van der Waals surface area contributed by atoms with Crippen LogP contribution < -0.4 is 0 Å². The number of halogens is 2. The van der Waals surface area contributed by atoms with Gasteiger partial charge in [-0.3, -0.25) is 0 Å². The zero-order chi connectivity index (χ0) is 14.0. The summed E-state index contributed by atoms with van der Waals surface area (Å²) in [5.41, 5.74) is -0.694. The van der Waals surface area contributed by atoms with E-state index in [2.05, 4.69) is 0 Å². The van der Waals surface area contributed by atoms with Crippen LogP contribution in [0, 0.1) is 11.6 Å². The predicted octanol–water partition coefficient (Wildman–Crippen LogP) is 2.27. The Bertz CT molecular complexity index is 467. The van der Waals surface area contributed by atoms with Crippen LogP contribution in [0.5, 0.6) is 0 Å². The van der Waals surface area contributed by atoms with Gasteiger partial charge in [-0.2, -0.15) is 0 Å². The van der Waals surface area contributed by atoms with E-state index in [4.69, 9.17) is 14.2 Å². The van der Waals surface area contributed by atoms with Crippen molar-refractivity contribution in [1.29, 1.82) is 0 Å². The first kappa shape index (κ1) is 13.9. The Balaban J connectivity index is 1.95. The Morgan fingerprint density at radius 2 is 2.05 bits per heavy atom. The summed E-state index contributed by atoms with van der Waals surface area (Å²) in [6.07, 6.45) is -0.436. The first-order valence-electron chi connectivity index (χ1n) is 5.82. The largest absolute Gasteiger partial charge is 0.459 e. The molecule has 1 atom stereocenters. The minimum Gasteiger partial charge on any atom is -0.459 e. The van der Waals surface area contributed by atoms with Crippen LogP contribution in [0.15, 0.2) is 18.2 Å². The molecule has 2 rings (SSSR count). The summed E-state index contributed by atoms with van der Waals surface area (Å²) in [4.78, 5) is 11.6. The third kappa shape index (κ3) is 3.27. The molecular weight excluding hydrogens is 258 g/mol. The SMILES string of the molecule is CC1(C)OC[C@H](COC(=O)c2c(F)cccc2F)O1. The summed E-state index contributed by atoms with van der Waals surface area (Å²) in [5, 5.41) is 0. The lowest BCUT2D eigenvalue weighted by molar-refractivity contribution is -0.142. The van der Waals surface area contributed by atoms with Crippen LogP contribution in [-0.4, -0.2) is 31.1 Å². The average Bonchev–Trinajstić information content (AvgIpc) is 2.66. The first-order valence-corrected chi connectivity index (χ1v) is 5.82. The van der Waals surface area contributed by atoms with E-state index in [1.54, 1.807) is 13.8 Å². The van der Waals surface area contributed by atoms with Crippen LogP contribution in [-0.2, 0) is 14.2 Å². The summed E-state index contributed by atoms with van der Waals surface area (Å²) < 4.78 is 42.2. The summed E-state index contributed by atoms with van der Waals surface area (Å²) in [6.45, 7) is 3.60. The van der Waals surface area contributed by atoms with E-state index in [0.29, 0.717) is 0 Å². The van der Waals surface area contributed by atoms with Crippen molar-refractivity contribution >= 4 is 5.97 Å². The van der Waals surface area contributed by atoms with Gasteiger partial charge in [0.05, 0.1) is 6.61 Å². The molecule has 0 unspecified atom stereocenters. The fraction of sp³-hybridized carbons (Fsp3) is 0.462. The van der Waals surface area contributed by atoms with Crippen LogP contribution in [0.4, 0.5) is 8.78 Å². The highest BCUT2D eigenvalue weighted by Crippen LogP contribution is 2.22. The number of benzene rings is 1. The lowest BCUT2D eigenvalue weighted by Crippen LogP contribution is -2.25. The molecule has 0 bridgehead atoms. The van der Waals surface area contributed by atoms with Crippen molar-refractivity contribution < 1.29 is 27.8 Å². The van der Waals surface area contributed by atoms with E-state index in [9.17, 15) is 13.6 Å². The fourth-order valence-corrected chi connectivity index (χ4v) is 1.78. The van der Waals surface area contributed by atoms with Gasteiger partial charge in [-0.15, -0.1) is 0 Å². The molecule has 19 heavy (non-hydrogen) atoms. The normalized spacial score (nSPS) is 21.4. The molecule has 0 radical (unpaired) electrons. The molecule has 0 N–H and O–H groups in total. The molecule has 0 aromatic heterocycles. The van der Waals surface area contributed by atoms with Crippen molar-refractivity contribution in [1.82, 2.24) is 0 Å². The smallest absolute Gasteiger partial charge is 0.344 e. The van der Waals surface area contributed by atoms with Crippen LogP contribution in [0.2, 0.25) is 0 Å². The Morgan fingerprint density at radius 1 is 1.42 bits per heavy atom. The molecule has 1 saturated heterocycles. The van der Waals surface area contributed by atoms with Gasteiger partial charge >= 0.3 is 5.97 Å². The topological polar surface area (TPSA) is 44.8 Å². The van der Waals surface area contributed by atoms with E-state index in [1.165, 1.54) is 6.07 Å². The van der Waals surface area contributed by atoms with Gasteiger partial charge in [0, 0.05) is 0 Å². The minimum absolute atomic E-state index is 0.115. The number of hydrogen-bond donors (Lipinski definition) is 0. The zero-order valence-corrected chi connectivity index (χ0v) is 10.6. The highest BCUT2D eigenvalue weighted by Gasteiger charge is 2.33. The molecule has 0 spiro atoms. The van der Waals surface area contributed by atoms with Gasteiger partial charge in [0.15, 0.2) is 5.79 Å². The number of esters is 1. The third-order valence-corrected chi connectivity index (χ3v) is 2.63. The van der Waals surface area contributed by atoms with E-state index in [0.717, 1.165) is 12.1 Å². The fourth-order valence-electron chi connectivity index (χ4n) is 1.78. The number of hydrogen-bond acceptors (Lipinski definition) is 4. The van der Waals surface area contributed by atoms with Crippen LogP contribution in [0.25, 0.3) is 0 Å². The van der Waals surface area contributed by atoms with E-state index in [1.807, 2.05) is 0 Å². The quantitative estimate of drug-likeness (QED) is 0.792. The van der Waals surface area contributed by atoms with Crippen molar-refractivity contribution in [3.63, 3.8) is 0 Å². The van der Waals surface area contributed by atoms with Gasteiger partial charge in [0.25, 0.3) is 0 Å². The first-order chi connectivity index (χ1) is 8.89. The summed E-state index contributed by atoms with van der Waals surface area (Å²) in [6, 6.07) is 3.17. The Kier molecular flexibility index (Phi) is 3.82. The molecule has 0 saturated carbocycles. The maximum absolute atomic E-state index is 13.3. The molecule has 1 heterocycles. The number of carbonyl (C=O) groups is 1. The second kappa shape index (κ2) is 5.22. The predicted molar refractivity (Wildman–Crippen MR) is 61.5 cm³/mol. The molecule has 104 valence electrons. The van der Waals surface area contributed by atoms with Crippen molar-refractivity contribution in [3.8, 4) is 0 Å².